The Balaban J connectivity index is 1.60. The van der Waals surface area contributed by atoms with Gasteiger partial charge in [-0.05, 0) is 38.5 Å². The molecule has 1 aliphatic heterocycles. The average Bonchev–Trinajstić information content (AvgIpc) is 3.02. The van der Waals surface area contributed by atoms with Crippen LogP contribution in [0.3, 0.4) is 0 Å². The molecule has 1 aliphatic carbocycles. The second kappa shape index (κ2) is 8.21. The first-order chi connectivity index (χ1) is 12.1. The third-order valence-corrected chi connectivity index (χ3v) is 5.98. The summed E-state index contributed by atoms with van der Waals surface area (Å²) in [7, 11) is 3.79. The Morgan fingerprint density at radius 1 is 1.32 bits per heavy atom. The first-order valence-corrected chi connectivity index (χ1v) is 9.71. The van der Waals surface area contributed by atoms with Gasteiger partial charge in [-0.25, -0.2) is 4.79 Å². The number of aryl methyl sites for hydroxylation is 1. The number of carbonyl (C=O) groups excluding carboxylic acids is 1. The summed E-state index contributed by atoms with van der Waals surface area (Å²) in [5, 5.41) is 7.62. The third-order valence-electron chi connectivity index (χ3n) is 5.98. The van der Waals surface area contributed by atoms with Crippen LogP contribution in [-0.2, 0) is 11.8 Å². The second-order valence-corrected chi connectivity index (χ2v) is 7.67. The fourth-order valence-corrected chi connectivity index (χ4v) is 4.10. The number of urea groups is 1. The lowest BCUT2D eigenvalue weighted by atomic mass is 9.84. The van der Waals surface area contributed by atoms with Crippen LogP contribution in [0.25, 0.3) is 0 Å². The van der Waals surface area contributed by atoms with Crippen molar-refractivity contribution in [1.29, 1.82) is 0 Å². The van der Waals surface area contributed by atoms with Crippen LogP contribution in [0.1, 0.15) is 63.5 Å². The molecule has 2 atom stereocenters. The van der Waals surface area contributed by atoms with E-state index in [0.717, 1.165) is 37.6 Å². The molecule has 1 saturated carbocycles. The highest BCUT2D eigenvalue weighted by atomic mass is 16.5. The van der Waals surface area contributed by atoms with Crippen molar-refractivity contribution in [2.24, 2.45) is 13.0 Å². The van der Waals surface area contributed by atoms with Crippen molar-refractivity contribution in [2.75, 3.05) is 25.6 Å². The highest BCUT2D eigenvalue weighted by Crippen LogP contribution is 2.29. The lowest BCUT2D eigenvalue weighted by molar-refractivity contribution is 0.0791. The number of nitrogens with zero attached hydrogens (tertiary/aromatic N) is 3. The van der Waals surface area contributed by atoms with Crippen LogP contribution in [0.5, 0.6) is 0 Å². The predicted molar refractivity (Wildman–Crippen MR) is 98.8 cm³/mol. The molecule has 25 heavy (non-hydrogen) atoms. The predicted octanol–water partition coefficient (Wildman–Crippen LogP) is 3.75. The molecule has 2 amide bonds. The maximum Gasteiger partial charge on any atom is 0.322 e. The largest absolute Gasteiger partial charge is 0.381 e. The van der Waals surface area contributed by atoms with Crippen LogP contribution in [0.2, 0.25) is 0 Å². The van der Waals surface area contributed by atoms with E-state index in [1.165, 1.54) is 32.1 Å². The molecule has 2 aliphatic rings. The zero-order valence-corrected chi connectivity index (χ0v) is 15.8. The van der Waals surface area contributed by atoms with Gasteiger partial charge < -0.3 is 9.64 Å². The van der Waals surface area contributed by atoms with Crippen LogP contribution in [0, 0.1) is 5.92 Å². The van der Waals surface area contributed by atoms with Gasteiger partial charge in [-0.1, -0.05) is 19.3 Å². The molecule has 6 heteroatoms. The summed E-state index contributed by atoms with van der Waals surface area (Å²) in [5.41, 5.74) is 1.01. The van der Waals surface area contributed by atoms with Crippen molar-refractivity contribution in [3.05, 3.63) is 11.8 Å². The van der Waals surface area contributed by atoms with E-state index in [0.29, 0.717) is 11.8 Å². The number of rotatable bonds is 4. The lowest BCUT2D eigenvalue weighted by Crippen LogP contribution is -2.43. The van der Waals surface area contributed by atoms with Gasteiger partial charge in [0.1, 0.15) is 5.82 Å². The van der Waals surface area contributed by atoms with Crippen molar-refractivity contribution in [2.45, 2.75) is 63.8 Å². The fraction of sp³-hybridized carbons (Fsp3) is 0.789. The van der Waals surface area contributed by atoms with Gasteiger partial charge in [-0.2, -0.15) is 5.10 Å². The van der Waals surface area contributed by atoms with Crippen molar-refractivity contribution in [1.82, 2.24) is 14.7 Å². The SMILES string of the molecule is C[C@@H](C1CCCCC1)N(C)C(=O)Nc1cc([C@@H]2CCCOC2)nn1C. The summed E-state index contributed by atoms with van der Waals surface area (Å²) in [6.07, 6.45) is 8.56. The van der Waals surface area contributed by atoms with Crippen molar-refractivity contribution >= 4 is 11.8 Å². The third kappa shape index (κ3) is 4.35. The molecule has 1 saturated heterocycles. The van der Waals surface area contributed by atoms with Gasteiger partial charge in [0.2, 0.25) is 0 Å². The monoisotopic (exact) mass is 348 g/mol. The minimum atomic E-state index is -0.0486. The zero-order chi connectivity index (χ0) is 17.8. The summed E-state index contributed by atoms with van der Waals surface area (Å²) in [5.74, 6) is 1.71. The molecule has 0 spiro atoms. The summed E-state index contributed by atoms with van der Waals surface area (Å²) >= 11 is 0. The molecule has 3 rings (SSSR count). The van der Waals surface area contributed by atoms with Gasteiger partial charge in [0.25, 0.3) is 0 Å². The van der Waals surface area contributed by atoms with E-state index < -0.39 is 0 Å². The number of anilines is 1. The molecule has 0 aromatic carbocycles. The van der Waals surface area contributed by atoms with E-state index in [1.54, 1.807) is 4.68 Å². The number of carbonyl (C=O) groups is 1. The molecule has 0 bridgehead atoms. The van der Waals surface area contributed by atoms with Crippen LogP contribution in [0.15, 0.2) is 6.07 Å². The molecule has 6 nitrogen and oxygen atoms in total. The zero-order valence-electron chi connectivity index (χ0n) is 15.8. The smallest absolute Gasteiger partial charge is 0.322 e. The van der Waals surface area contributed by atoms with Crippen molar-refractivity contribution in [3.8, 4) is 0 Å². The Morgan fingerprint density at radius 2 is 2.08 bits per heavy atom. The van der Waals surface area contributed by atoms with Gasteiger partial charge in [0, 0.05) is 38.7 Å². The van der Waals surface area contributed by atoms with Crippen LogP contribution < -0.4 is 5.32 Å². The van der Waals surface area contributed by atoms with Crippen molar-refractivity contribution in [3.63, 3.8) is 0 Å². The number of ether oxygens (including phenoxy) is 1. The molecule has 0 radical (unpaired) electrons. The first-order valence-electron chi connectivity index (χ1n) is 9.71. The highest BCUT2D eigenvalue weighted by Gasteiger charge is 2.27. The summed E-state index contributed by atoms with van der Waals surface area (Å²) in [4.78, 5) is 14.5. The molecular weight excluding hydrogens is 316 g/mol. The molecule has 0 unspecified atom stereocenters. The molecule has 2 heterocycles. The quantitative estimate of drug-likeness (QED) is 0.901. The summed E-state index contributed by atoms with van der Waals surface area (Å²) in [6, 6.07) is 2.21. The van der Waals surface area contributed by atoms with E-state index in [1.807, 2.05) is 25.1 Å². The van der Waals surface area contributed by atoms with Gasteiger partial charge in [0.15, 0.2) is 0 Å². The topological polar surface area (TPSA) is 59.4 Å². The van der Waals surface area contributed by atoms with Gasteiger partial charge >= 0.3 is 6.03 Å². The molecule has 2 fully saturated rings. The second-order valence-electron chi connectivity index (χ2n) is 7.67. The maximum atomic E-state index is 12.7. The number of hydrogen-bond acceptors (Lipinski definition) is 3. The minimum Gasteiger partial charge on any atom is -0.381 e. The van der Waals surface area contributed by atoms with Gasteiger partial charge in [-0.15, -0.1) is 0 Å². The summed E-state index contributed by atoms with van der Waals surface area (Å²) < 4.78 is 7.32. The Morgan fingerprint density at radius 3 is 2.76 bits per heavy atom. The Kier molecular flexibility index (Phi) is 5.99. The van der Waals surface area contributed by atoms with E-state index >= 15 is 0 Å². The van der Waals surface area contributed by atoms with Crippen LogP contribution in [-0.4, -0.2) is 47.0 Å². The van der Waals surface area contributed by atoms with Gasteiger partial charge in [-0.3, -0.25) is 10.00 Å². The maximum absolute atomic E-state index is 12.7. The van der Waals surface area contributed by atoms with Gasteiger partial charge in [0.05, 0.1) is 12.3 Å². The van der Waals surface area contributed by atoms with E-state index in [-0.39, 0.29) is 12.1 Å². The fourth-order valence-electron chi connectivity index (χ4n) is 4.10. The molecule has 140 valence electrons. The van der Waals surface area contributed by atoms with E-state index in [2.05, 4.69) is 17.3 Å². The Hall–Kier alpha value is -1.56. The normalized spacial score (nSPS) is 23.2. The number of hydrogen-bond donors (Lipinski definition) is 1. The Labute approximate surface area is 150 Å². The number of amides is 2. The standard InChI is InChI=1S/C19H32N4O2/c1-14(15-8-5-4-6-9-15)22(2)19(24)20-18-12-17(21-23(18)3)16-10-7-11-25-13-16/h12,14-16H,4-11,13H2,1-3H3,(H,20,24)/t14-,16+/m0/s1. The highest BCUT2D eigenvalue weighted by molar-refractivity contribution is 5.88. The lowest BCUT2D eigenvalue weighted by Gasteiger charge is -2.34. The minimum absolute atomic E-state index is 0.0486. The van der Waals surface area contributed by atoms with Crippen LogP contribution in [0.4, 0.5) is 10.6 Å². The van der Waals surface area contributed by atoms with Crippen molar-refractivity contribution < 1.29 is 9.53 Å². The molecular formula is C19H32N4O2. The summed E-state index contributed by atoms with van der Waals surface area (Å²) in [6.45, 7) is 3.74. The van der Waals surface area contributed by atoms with Crippen LogP contribution >= 0.6 is 0 Å². The molecule has 1 N–H and O–H groups in total. The molecule has 1 aromatic heterocycles. The van der Waals surface area contributed by atoms with E-state index in [9.17, 15) is 4.79 Å². The number of aromatic nitrogens is 2. The Bertz CT molecular complexity index is 574. The van der Waals surface area contributed by atoms with E-state index in [4.69, 9.17) is 4.74 Å². The number of nitrogens with one attached hydrogen (secondary N) is 1. The average molecular weight is 348 g/mol. The molecule has 1 aromatic rings. The first kappa shape index (κ1) is 18.2.